The zero-order chi connectivity index (χ0) is 13.3. The van der Waals surface area contributed by atoms with Crippen molar-refractivity contribution in [1.82, 2.24) is 10.2 Å². The highest BCUT2D eigenvalue weighted by Crippen LogP contribution is 2.17. The highest BCUT2D eigenvalue weighted by molar-refractivity contribution is 5.98. The zero-order valence-electron chi connectivity index (χ0n) is 10.9. The Hall–Kier alpha value is -1.84. The summed E-state index contributed by atoms with van der Waals surface area (Å²) in [6.45, 7) is 6.02. The second-order valence-electron chi connectivity index (χ2n) is 4.94. The molecule has 1 aromatic carbocycles. The van der Waals surface area contributed by atoms with E-state index in [-0.39, 0.29) is 23.9 Å². The molecule has 96 valence electrons. The van der Waals surface area contributed by atoms with Gasteiger partial charge in [-0.25, -0.2) is 4.79 Å². The van der Waals surface area contributed by atoms with Gasteiger partial charge < -0.3 is 5.32 Å². The van der Waals surface area contributed by atoms with Crippen LogP contribution in [0, 0.1) is 12.8 Å². The molecule has 2 rings (SSSR count). The Balaban J connectivity index is 2.18. The van der Waals surface area contributed by atoms with Crippen molar-refractivity contribution < 1.29 is 9.59 Å². The number of imide groups is 1. The minimum Gasteiger partial charge on any atom is -0.334 e. The van der Waals surface area contributed by atoms with Crippen LogP contribution in [-0.4, -0.2) is 22.9 Å². The van der Waals surface area contributed by atoms with Gasteiger partial charge in [0.05, 0.1) is 12.5 Å². The van der Waals surface area contributed by atoms with E-state index >= 15 is 0 Å². The van der Waals surface area contributed by atoms with E-state index in [1.807, 2.05) is 45.0 Å². The third-order valence-electron chi connectivity index (χ3n) is 3.43. The SMILES string of the molecule is Cc1cccc(CN2C(=O)NC(C)C(C)C2=O)c1. The molecule has 2 unspecified atom stereocenters. The van der Waals surface area contributed by atoms with Gasteiger partial charge in [-0.1, -0.05) is 36.8 Å². The lowest BCUT2D eigenvalue weighted by atomic mass is 9.99. The summed E-state index contributed by atoms with van der Waals surface area (Å²) < 4.78 is 0. The Kier molecular flexibility index (Phi) is 3.36. The number of urea groups is 1. The molecule has 0 aliphatic carbocycles. The Morgan fingerprint density at radius 2 is 2.00 bits per heavy atom. The molecular formula is C14H18N2O2. The van der Waals surface area contributed by atoms with Crippen molar-refractivity contribution in [2.24, 2.45) is 5.92 Å². The molecule has 4 heteroatoms. The molecule has 0 spiro atoms. The van der Waals surface area contributed by atoms with E-state index in [1.165, 1.54) is 4.90 Å². The van der Waals surface area contributed by atoms with E-state index in [0.717, 1.165) is 11.1 Å². The molecule has 1 aliphatic heterocycles. The maximum absolute atomic E-state index is 12.1. The van der Waals surface area contributed by atoms with Crippen LogP contribution in [0.4, 0.5) is 4.79 Å². The van der Waals surface area contributed by atoms with E-state index in [1.54, 1.807) is 0 Å². The van der Waals surface area contributed by atoms with Gasteiger partial charge in [0.2, 0.25) is 5.91 Å². The number of aryl methyl sites for hydroxylation is 1. The van der Waals surface area contributed by atoms with E-state index in [9.17, 15) is 9.59 Å². The molecule has 1 fully saturated rings. The molecular weight excluding hydrogens is 228 g/mol. The molecule has 0 bridgehead atoms. The summed E-state index contributed by atoms with van der Waals surface area (Å²) in [7, 11) is 0. The van der Waals surface area contributed by atoms with E-state index in [0.29, 0.717) is 6.54 Å². The molecule has 3 amide bonds. The summed E-state index contributed by atoms with van der Waals surface area (Å²) >= 11 is 0. The van der Waals surface area contributed by atoms with Crippen molar-refractivity contribution >= 4 is 11.9 Å². The molecule has 1 aliphatic rings. The van der Waals surface area contributed by atoms with E-state index in [4.69, 9.17) is 0 Å². The van der Waals surface area contributed by atoms with Crippen LogP contribution in [0.1, 0.15) is 25.0 Å². The lowest BCUT2D eigenvalue weighted by molar-refractivity contribution is -0.134. The second-order valence-corrected chi connectivity index (χ2v) is 4.94. The van der Waals surface area contributed by atoms with Gasteiger partial charge >= 0.3 is 6.03 Å². The third kappa shape index (κ3) is 2.37. The quantitative estimate of drug-likeness (QED) is 0.868. The van der Waals surface area contributed by atoms with Gasteiger partial charge in [-0.05, 0) is 19.4 Å². The predicted molar refractivity (Wildman–Crippen MR) is 68.9 cm³/mol. The van der Waals surface area contributed by atoms with Gasteiger partial charge in [-0.15, -0.1) is 0 Å². The Bertz CT molecular complexity index is 484. The summed E-state index contributed by atoms with van der Waals surface area (Å²) in [4.78, 5) is 25.2. The molecule has 2 atom stereocenters. The summed E-state index contributed by atoms with van der Waals surface area (Å²) in [5, 5.41) is 2.81. The first-order chi connectivity index (χ1) is 8.49. The van der Waals surface area contributed by atoms with Crippen LogP contribution in [-0.2, 0) is 11.3 Å². The lowest BCUT2D eigenvalue weighted by Gasteiger charge is -2.34. The maximum atomic E-state index is 12.1. The number of amides is 3. The summed E-state index contributed by atoms with van der Waals surface area (Å²) in [5.74, 6) is -0.278. The first-order valence-corrected chi connectivity index (χ1v) is 6.16. The average molecular weight is 246 g/mol. The minimum atomic E-state index is -0.299. The van der Waals surface area contributed by atoms with Gasteiger partial charge in [-0.3, -0.25) is 9.69 Å². The number of carbonyl (C=O) groups excluding carboxylic acids is 2. The van der Waals surface area contributed by atoms with Crippen molar-refractivity contribution in [2.75, 3.05) is 0 Å². The Morgan fingerprint density at radius 1 is 1.28 bits per heavy atom. The van der Waals surface area contributed by atoms with Gasteiger partial charge in [0.25, 0.3) is 0 Å². The van der Waals surface area contributed by atoms with Crippen molar-refractivity contribution in [3.8, 4) is 0 Å². The molecule has 1 heterocycles. The first kappa shape index (κ1) is 12.6. The molecule has 0 aromatic heterocycles. The van der Waals surface area contributed by atoms with Crippen LogP contribution in [0.5, 0.6) is 0 Å². The first-order valence-electron chi connectivity index (χ1n) is 6.16. The smallest absolute Gasteiger partial charge is 0.324 e. The van der Waals surface area contributed by atoms with Crippen LogP contribution in [0.2, 0.25) is 0 Å². The maximum Gasteiger partial charge on any atom is 0.324 e. The van der Waals surface area contributed by atoms with Gasteiger partial charge in [0.1, 0.15) is 0 Å². The number of hydrogen-bond acceptors (Lipinski definition) is 2. The molecule has 4 nitrogen and oxygen atoms in total. The van der Waals surface area contributed by atoms with Crippen molar-refractivity contribution in [2.45, 2.75) is 33.4 Å². The topological polar surface area (TPSA) is 49.4 Å². The van der Waals surface area contributed by atoms with Crippen molar-refractivity contribution in [1.29, 1.82) is 0 Å². The molecule has 1 saturated heterocycles. The number of hydrogen-bond donors (Lipinski definition) is 1. The fourth-order valence-electron chi connectivity index (χ4n) is 2.10. The average Bonchev–Trinajstić information content (AvgIpc) is 2.32. The zero-order valence-corrected chi connectivity index (χ0v) is 10.9. The summed E-state index contributed by atoms with van der Waals surface area (Å²) in [6.07, 6.45) is 0. The highest BCUT2D eigenvalue weighted by Gasteiger charge is 2.35. The van der Waals surface area contributed by atoms with Gasteiger partial charge in [-0.2, -0.15) is 0 Å². The van der Waals surface area contributed by atoms with Crippen LogP contribution in [0.3, 0.4) is 0 Å². The van der Waals surface area contributed by atoms with E-state index < -0.39 is 0 Å². The van der Waals surface area contributed by atoms with Crippen LogP contribution < -0.4 is 5.32 Å². The van der Waals surface area contributed by atoms with Gasteiger partial charge in [0, 0.05) is 6.04 Å². The van der Waals surface area contributed by atoms with Crippen LogP contribution >= 0.6 is 0 Å². The largest absolute Gasteiger partial charge is 0.334 e. The highest BCUT2D eigenvalue weighted by atomic mass is 16.2. The van der Waals surface area contributed by atoms with Crippen molar-refractivity contribution in [3.63, 3.8) is 0 Å². The van der Waals surface area contributed by atoms with Crippen molar-refractivity contribution in [3.05, 3.63) is 35.4 Å². The molecule has 0 radical (unpaired) electrons. The summed E-state index contributed by atoms with van der Waals surface area (Å²) in [6, 6.07) is 7.44. The lowest BCUT2D eigenvalue weighted by Crippen LogP contribution is -2.57. The molecule has 0 saturated carbocycles. The van der Waals surface area contributed by atoms with E-state index in [2.05, 4.69) is 5.32 Å². The van der Waals surface area contributed by atoms with Gasteiger partial charge in [0.15, 0.2) is 0 Å². The minimum absolute atomic E-state index is 0.0984. The number of nitrogens with zero attached hydrogens (tertiary/aromatic N) is 1. The molecule has 1 N–H and O–H groups in total. The standard InChI is InChI=1S/C14H18N2O2/c1-9-5-4-6-12(7-9)8-16-13(17)10(2)11(3)15-14(16)18/h4-7,10-11H,8H2,1-3H3,(H,15,18). The van der Waals surface area contributed by atoms with Crippen LogP contribution in [0.25, 0.3) is 0 Å². The Labute approximate surface area is 107 Å². The predicted octanol–water partition coefficient (Wildman–Crippen LogP) is 2.07. The summed E-state index contributed by atoms with van der Waals surface area (Å²) in [5.41, 5.74) is 2.10. The third-order valence-corrected chi connectivity index (χ3v) is 3.43. The monoisotopic (exact) mass is 246 g/mol. The number of carbonyl (C=O) groups is 2. The normalized spacial score (nSPS) is 24.1. The van der Waals surface area contributed by atoms with Crippen LogP contribution in [0.15, 0.2) is 24.3 Å². The molecule has 18 heavy (non-hydrogen) atoms. The number of benzene rings is 1. The fourth-order valence-corrected chi connectivity index (χ4v) is 2.10. The molecule has 1 aromatic rings. The second kappa shape index (κ2) is 4.80. The number of rotatable bonds is 2. The number of nitrogens with one attached hydrogen (secondary N) is 1. The Morgan fingerprint density at radius 3 is 2.67 bits per heavy atom. The fraction of sp³-hybridized carbons (Fsp3) is 0.429.